The van der Waals surface area contributed by atoms with E-state index in [9.17, 15) is 4.39 Å². The molecule has 1 heteroatoms. The molecule has 3 saturated carbocycles. The molecule has 28 heavy (non-hydrogen) atoms. The minimum Gasteiger partial charge on any atom is -0.247 e. The molecule has 3 fully saturated rings. The highest BCUT2D eigenvalue weighted by atomic mass is 19.1. The van der Waals surface area contributed by atoms with Gasteiger partial charge >= 0.3 is 0 Å². The van der Waals surface area contributed by atoms with E-state index in [4.69, 9.17) is 0 Å². The molecule has 0 heterocycles. The number of allylic oxidation sites excluding steroid dienone is 2. The molecule has 1 unspecified atom stereocenters. The fraction of sp³-hybridized carbons (Fsp3) is 0.926. The molecule has 0 amide bonds. The molecule has 4 aliphatic rings. The highest BCUT2D eigenvalue weighted by Crippen LogP contribution is 2.67. The Balaban J connectivity index is 1.49. The second-order valence-corrected chi connectivity index (χ2v) is 12.1. The molecule has 0 aliphatic heterocycles. The van der Waals surface area contributed by atoms with Crippen LogP contribution >= 0.6 is 0 Å². The standard InChI is InChI=1S/C27H45F/c1-18(2)7-6-8-19(3)23-11-12-24-22-10-9-20-17-21(28)13-15-26(20,4)25(22)14-16-27(23,24)5/h9,18-19,21-25H,6-8,10-17H2,1-5H3/t19-,21?,22+,23-,24+,25+,26+,27-/m1/s1. The monoisotopic (exact) mass is 388 g/mol. The molecule has 0 saturated heterocycles. The van der Waals surface area contributed by atoms with Gasteiger partial charge in [0.1, 0.15) is 6.17 Å². The average Bonchev–Trinajstić information content (AvgIpc) is 2.99. The Bertz CT molecular complexity index is 591. The van der Waals surface area contributed by atoms with Crippen LogP contribution in [0.1, 0.15) is 105 Å². The molecule has 0 aromatic carbocycles. The number of halogens is 1. The highest BCUT2D eigenvalue weighted by Gasteiger charge is 2.59. The second kappa shape index (κ2) is 7.73. The maximum atomic E-state index is 14.1. The Hall–Kier alpha value is -0.330. The summed E-state index contributed by atoms with van der Waals surface area (Å²) in [5, 5.41) is 0. The summed E-state index contributed by atoms with van der Waals surface area (Å²) in [6.45, 7) is 12.5. The van der Waals surface area contributed by atoms with Crippen LogP contribution in [0.4, 0.5) is 4.39 Å². The fourth-order valence-electron chi connectivity index (χ4n) is 8.64. The SMILES string of the molecule is CC(C)CCC[C@@H](C)[C@H]1CC[C@H]2[C@@H]3CC=C4CC(F)CC[C@]4(C)[C@H]3CC[C@]12C. The second-order valence-electron chi connectivity index (χ2n) is 12.1. The largest absolute Gasteiger partial charge is 0.247 e. The van der Waals surface area contributed by atoms with Crippen molar-refractivity contribution in [1.29, 1.82) is 0 Å². The van der Waals surface area contributed by atoms with Crippen molar-refractivity contribution in [3.8, 4) is 0 Å². The van der Waals surface area contributed by atoms with Crippen LogP contribution in [0, 0.1) is 46.3 Å². The molecule has 0 aromatic rings. The molecule has 4 aliphatic carbocycles. The zero-order chi connectivity index (χ0) is 20.1. The van der Waals surface area contributed by atoms with Gasteiger partial charge in [0, 0.05) is 6.42 Å². The first kappa shape index (κ1) is 20.9. The zero-order valence-corrected chi connectivity index (χ0v) is 19.3. The van der Waals surface area contributed by atoms with Crippen molar-refractivity contribution in [2.24, 2.45) is 46.3 Å². The topological polar surface area (TPSA) is 0 Å². The first-order valence-corrected chi connectivity index (χ1v) is 12.6. The van der Waals surface area contributed by atoms with E-state index >= 15 is 0 Å². The lowest BCUT2D eigenvalue weighted by atomic mass is 9.47. The lowest BCUT2D eigenvalue weighted by molar-refractivity contribution is -0.0537. The molecular weight excluding hydrogens is 343 g/mol. The Morgan fingerprint density at radius 1 is 1.00 bits per heavy atom. The summed E-state index contributed by atoms with van der Waals surface area (Å²) < 4.78 is 14.1. The van der Waals surface area contributed by atoms with Crippen molar-refractivity contribution in [3.05, 3.63) is 11.6 Å². The predicted molar refractivity (Wildman–Crippen MR) is 118 cm³/mol. The molecule has 8 atom stereocenters. The van der Waals surface area contributed by atoms with Crippen molar-refractivity contribution in [3.63, 3.8) is 0 Å². The van der Waals surface area contributed by atoms with Gasteiger partial charge in [0.25, 0.3) is 0 Å². The molecule has 4 rings (SSSR count). The fourth-order valence-corrected chi connectivity index (χ4v) is 8.64. The van der Waals surface area contributed by atoms with Gasteiger partial charge in [-0.2, -0.15) is 0 Å². The van der Waals surface area contributed by atoms with Crippen LogP contribution in [0.3, 0.4) is 0 Å². The van der Waals surface area contributed by atoms with Crippen LogP contribution in [-0.4, -0.2) is 6.17 Å². The number of fused-ring (bicyclic) bond motifs is 5. The van der Waals surface area contributed by atoms with Crippen molar-refractivity contribution in [2.45, 2.75) is 111 Å². The molecule has 0 nitrogen and oxygen atoms in total. The number of hydrogen-bond acceptors (Lipinski definition) is 0. The Morgan fingerprint density at radius 3 is 2.54 bits per heavy atom. The third-order valence-corrected chi connectivity index (χ3v) is 10.2. The summed E-state index contributed by atoms with van der Waals surface area (Å²) in [5.74, 6) is 5.28. The minimum atomic E-state index is -0.577. The summed E-state index contributed by atoms with van der Waals surface area (Å²) in [5.41, 5.74) is 2.37. The van der Waals surface area contributed by atoms with Crippen LogP contribution in [0.5, 0.6) is 0 Å². The summed E-state index contributed by atoms with van der Waals surface area (Å²) in [4.78, 5) is 0. The van der Waals surface area contributed by atoms with E-state index in [2.05, 4.69) is 40.7 Å². The Kier molecular flexibility index (Phi) is 5.78. The van der Waals surface area contributed by atoms with Gasteiger partial charge in [-0.1, -0.05) is 65.5 Å². The minimum absolute atomic E-state index is 0.313. The van der Waals surface area contributed by atoms with Crippen LogP contribution in [0.25, 0.3) is 0 Å². The average molecular weight is 389 g/mol. The predicted octanol–water partition coefficient (Wildman–Crippen LogP) is 8.37. The molecular formula is C27H45F. The Labute approximate surface area is 174 Å². The van der Waals surface area contributed by atoms with Gasteiger partial charge in [0.15, 0.2) is 0 Å². The van der Waals surface area contributed by atoms with Crippen LogP contribution in [0.2, 0.25) is 0 Å². The zero-order valence-electron chi connectivity index (χ0n) is 19.3. The third-order valence-electron chi connectivity index (χ3n) is 10.2. The van der Waals surface area contributed by atoms with Crippen molar-refractivity contribution < 1.29 is 4.39 Å². The highest BCUT2D eigenvalue weighted by molar-refractivity contribution is 5.25. The summed E-state index contributed by atoms with van der Waals surface area (Å²) >= 11 is 0. The van der Waals surface area contributed by atoms with Gasteiger partial charge in [-0.3, -0.25) is 0 Å². The first-order chi connectivity index (χ1) is 13.3. The van der Waals surface area contributed by atoms with E-state index in [1.54, 1.807) is 0 Å². The van der Waals surface area contributed by atoms with Gasteiger partial charge < -0.3 is 0 Å². The number of rotatable bonds is 5. The number of hydrogen-bond donors (Lipinski definition) is 0. The maximum Gasteiger partial charge on any atom is 0.104 e. The van der Waals surface area contributed by atoms with Gasteiger partial charge in [0.2, 0.25) is 0 Å². The van der Waals surface area contributed by atoms with E-state index in [0.29, 0.717) is 10.8 Å². The van der Waals surface area contributed by atoms with E-state index in [1.807, 2.05) is 0 Å². The lowest BCUT2D eigenvalue weighted by Crippen LogP contribution is -2.50. The van der Waals surface area contributed by atoms with E-state index in [-0.39, 0.29) is 0 Å². The summed E-state index contributed by atoms with van der Waals surface area (Å²) in [6.07, 6.45) is 15.8. The van der Waals surface area contributed by atoms with Gasteiger partial charge in [-0.15, -0.1) is 0 Å². The molecule has 0 N–H and O–H groups in total. The lowest BCUT2D eigenvalue weighted by Gasteiger charge is -2.58. The molecule has 0 radical (unpaired) electrons. The van der Waals surface area contributed by atoms with Crippen LogP contribution in [0.15, 0.2) is 11.6 Å². The third kappa shape index (κ3) is 3.41. The van der Waals surface area contributed by atoms with Crippen molar-refractivity contribution in [2.75, 3.05) is 0 Å². The quantitative estimate of drug-likeness (QED) is 0.415. The number of alkyl halides is 1. The molecule has 0 spiro atoms. The summed E-state index contributed by atoms with van der Waals surface area (Å²) in [7, 11) is 0. The smallest absolute Gasteiger partial charge is 0.104 e. The van der Waals surface area contributed by atoms with Crippen LogP contribution < -0.4 is 0 Å². The van der Waals surface area contributed by atoms with Gasteiger partial charge in [-0.05, 0) is 91.3 Å². The van der Waals surface area contributed by atoms with E-state index in [1.165, 1.54) is 56.9 Å². The van der Waals surface area contributed by atoms with Crippen molar-refractivity contribution >= 4 is 0 Å². The molecule has 0 aromatic heterocycles. The van der Waals surface area contributed by atoms with Gasteiger partial charge in [-0.25, -0.2) is 4.39 Å². The van der Waals surface area contributed by atoms with Crippen molar-refractivity contribution in [1.82, 2.24) is 0 Å². The summed E-state index contributed by atoms with van der Waals surface area (Å²) in [6, 6.07) is 0. The van der Waals surface area contributed by atoms with E-state index < -0.39 is 6.17 Å². The molecule has 0 bridgehead atoms. The first-order valence-electron chi connectivity index (χ1n) is 12.6. The molecule has 160 valence electrons. The van der Waals surface area contributed by atoms with Crippen LogP contribution in [-0.2, 0) is 0 Å². The van der Waals surface area contributed by atoms with Gasteiger partial charge in [0.05, 0.1) is 0 Å². The maximum absolute atomic E-state index is 14.1. The van der Waals surface area contributed by atoms with E-state index in [0.717, 1.165) is 54.8 Å². The Morgan fingerprint density at radius 2 is 1.79 bits per heavy atom. The normalized spacial score (nSPS) is 46.5.